The quantitative estimate of drug-likeness (QED) is 0.775. The summed E-state index contributed by atoms with van der Waals surface area (Å²) < 4.78 is 56.2. The molecule has 2 heterocycles. The zero-order valence-electron chi connectivity index (χ0n) is 13.9. The van der Waals surface area contributed by atoms with Gasteiger partial charge in [-0.3, -0.25) is 0 Å². The number of sulfonamides is 1. The van der Waals surface area contributed by atoms with Crippen molar-refractivity contribution in [2.75, 3.05) is 32.1 Å². The molecule has 0 N–H and O–H groups in total. The molecule has 0 saturated carbocycles. The first-order valence-corrected chi connectivity index (χ1v) is 11.2. The Hall–Kier alpha value is -0.960. The smallest absolute Gasteiger partial charge is 0.243 e. The standard InChI is InChI=1S/C16H23NO5S2/c1-3-22-10-14-8-9-23(18,19)16(14)11-17(12-16)24(20,21)15-6-4-13(2)5-7-15/h4-7,14H,3,8-12H2,1-2H3/t14-/m0/s1. The molecule has 2 fully saturated rings. The molecule has 1 aromatic rings. The van der Waals surface area contributed by atoms with Gasteiger partial charge in [-0.2, -0.15) is 4.31 Å². The second-order valence-electron chi connectivity index (χ2n) is 6.61. The molecule has 1 aromatic carbocycles. The molecule has 1 atom stereocenters. The van der Waals surface area contributed by atoms with Gasteiger partial charge in [0.1, 0.15) is 4.75 Å². The molecule has 0 aliphatic carbocycles. The molecule has 1 spiro atoms. The minimum Gasteiger partial charge on any atom is -0.381 e. The van der Waals surface area contributed by atoms with Crippen molar-refractivity contribution in [1.82, 2.24) is 4.31 Å². The van der Waals surface area contributed by atoms with E-state index >= 15 is 0 Å². The normalized spacial score (nSPS) is 25.7. The summed E-state index contributed by atoms with van der Waals surface area (Å²) in [5, 5.41) is 0. The first-order chi connectivity index (χ1) is 11.2. The van der Waals surface area contributed by atoms with Crippen molar-refractivity contribution in [1.29, 1.82) is 0 Å². The number of benzene rings is 1. The predicted molar refractivity (Wildman–Crippen MR) is 91.1 cm³/mol. The molecule has 0 bridgehead atoms. The summed E-state index contributed by atoms with van der Waals surface area (Å²) in [6.45, 7) is 4.71. The van der Waals surface area contributed by atoms with Crippen LogP contribution in [0.4, 0.5) is 0 Å². The molecule has 0 unspecified atom stereocenters. The molecular formula is C16H23NO5S2. The fraction of sp³-hybridized carbons (Fsp3) is 0.625. The lowest BCUT2D eigenvalue weighted by atomic mass is 9.85. The van der Waals surface area contributed by atoms with Crippen LogP contribution in [0, 0.1) is 12.8 Å². The third kappa shape index (κ3) is 2.69. The highest BCUT2D eigenvalue weighted by atomic mass is 32.2. The molecule has 0 amide bonds. The molecule has 134 valence electrons. The summed E-state index contributed by atoms with van der Waals surface area (Å²) in [5.41, 5.74) is 0.976. The monoisotopic (exact) mass is 373 g/mol. The molecule has 2 aliphatic rings. The van der Waals surface area contributed by atoms with Crippen LogP contribution in [0.15, 0.2) is 29.2 Å². The predicted octanol–water partition coefficient (Wildman–Crippen LogP) is 1.21. The van der Waals surface area contributed by atoms with Gasteiger partial charge in [0, 0.05) is 25.6 Å². The average molecular weight is 373 g/mol. The highest BCUT2D eigenvalue weighted by Gasteiger charge is 2.63. The Kier molecular flexibility index (Phi) is 4.53. The summed E-state index contributed by atoms with van der Waals surface area (Å²) in [5.74, 6) is -0.0182. The summed E-state index contributed by atoms with van der Waals surface area (Å²) in [6, 6.07) is 6.62. The molecule has 2 saturated heterocycles. The van der Waals surface area contributed by atoms with Crippen LogP contribution in [0.5, 0.6) is 0 Å². The Morgan fingerprint density at radius 3 is 2.46 bits per heavy atom. The lowest BCUT2D eigenvalue weighted by Gasteiger charge is -2.48. The maximum atomic E-state index is 12.7. The van der Waals surface area contributed by atoms with Crippen LogP contribution in [0.2, 0.25) is 0 Å². The van der Waals surface area contributed by atoms with E-state index in [0.717, 1.165) is 5.56 Å². The van der Waals surface area contributed by atoms with Crippen molar-refractivity contribution in [2.45, 2.75) is 29.9 Å². The van der Waals surface area contributed by atoms with Gasteiger partial charge in [0.2, 0.25) is 10.0 Å². The van der Waals surface area contributed by atoms with Gasteiger partial charge >= 0.3 is 0 Å². The molecule has 0 aromatic heterocycles. The minimum atomic E-state index is -3.65. The van der Waals surface area contributed by atoms with Gasteiger partial charge in [-0.15, -0.1) is 0 Å². The lowest BCUT2D eigenvalue weighted by molar-refractivity contribution is 0.0637. The highest BCUT2D eigenvalue weighted by molar-refractivity contribution is 7.93. The largest absolute Gasteiger partial charge is 0.381 e. The van der Waals surface area contributed by atoms with Gasteiger partial charge in [-0.05, 0) is 32.4 Å². The van der Waals surface area contributed by atoms with Gasteiger partial charge in [0.15, 0.2) is 9.84 Å². The lowest BCUT2D eigenvalue weighted by Crippen LogP contribution is -2.68. The van der Waals surface area contributed by atoms with E-state index in [4.69, 9.17) is 4.74 Å². The van der Waals surface area contributed by atoms with Crippen LogP contribution in [-0.4, -0.2) is 57.9 Å². The van der Waals surface area contributed by atoms with Crippen LogP contribution in [-0.2, 0) is 24.6 Å². The van der Waals surface area contributed by atoms with Crippen LogP contribution >= 0.6 is 0 Å². The van der Waals surface area contributed by atoms with E-state index in [2.05, 4.69) is 0 Å². The maximum Gasteiger partial charge on any atom is 0.243 e. The SMILES string of the molecule is CCOC[C@@H]1CCS(=O)(=O)C12CN(S(=O)(=O)c1ccc(C)cc1)C2. The van der Waals surface area contributed by atoms with Gasteiger partial charge < -0.3 is 4.74 Å². The number of rotatable bonds is 5. The fourth-order valence-electron chi connectivity index (χ4n) is 3.55. The van der Waals surface area contributed by atoms with Crippen molar-refractivity contribution in [3.63, 3.8) is 0 Å². The number of hydrogen-bond acceptors (Lipinski definition) is 5. The Bertz CT molecular complexity index is 809. The zero-order valence-corrected chi connectivity index (χ0v) is 15.6. The van der Waals surface area contributed by atoms with Crippen molar-refractivity contribution >= 4 is 19.9 Å². The molecular weight excluding hydrogens is 350 g/mol. The van der Waals surface area contributed by atoms with Crippen molar-refractivity contribution in [2.24, 2.45) is 5.92 Å². The molecule has 2 aliphatic heterocycles. The Morgan fingerprint density at radius 2 is 1.88 bits per heavy atom. The minimum absolute atomic E-state index is 0.0310. The number of ether oxygens (including phenoxy) is 1. The topological polar surface area (TPSA) is 80.8 Å². The van der Waals surface area contributed by atoms with Gasteiger partial charge in [0.05, 0.1) is 17.3 Å². The third-order valence-electron chi connectivity index (χ3n) is 5.17. The Labute approximate surface area is 143 Å². The zero-order chi connectivity index (χ0) is 17.6. The van der Waals surface area contributed by atoms with Crippen LogP contribution in [0.1, 0.15) is 18.9 Å². The highest BCUT2D eigenvalue weighted by Crippen LogP contribution is 2.46. The summed E-state index contributed by atoms with van der Waals surface area (Å²) in [4.78, 5) is 0.208. The first-order valence-electron chi connectivity index (χ1n) is 8.10. The van der Waals surface area contributed by atoms with E-state index in [9.17, 15) is 16.8 Å². The van der Waals surface area contributed by atoms with Crippen LogP contribution < -0.4 is 0 Å². The maximum absolute atomic E-state index is 12.7. The molecule has 6 nitrogen and oxygen atoms in total. The second kappa shape index (κ2) is 6.09. The van der Waals surface area contributed by atoms with E-state index in [1.165, 1.54) is 4.31 Å². The van der Waals surface area contributed by atoms with E-state index in [1.54, 1.807) is 24.3 Å². The summed E-state index contributed by atoms with van der Waals surface area (Å²) in [7, 11) is -6.95. The van der Waals surface area contributed by atoms with E-state index in [1.807, 2.05) is 13.8 Å². The second-order valence-corrected chi connectivity index (χ2v) is 11.0. The van der Waals surface area contributed by atoms with Gasteiger partial charge in [-0.25, -0.2) is 16.8 Å². The van der Waals surface area contributed by atoms with E-state index in [-0.39, 0.29) is 29.7 Å². The van der Waals surface area contributed by atoms with Crippen molar-refractivity contribution < 1.29 is 21.6 Å². The van der Waals surface area contributed by atoms with Gasteiger partial charge in [0.25, 0.3) is 0 Å². The average Bonchev–Trinajstić information content (AvgIpc) is 2.74. The van der Waals surface area contributed by atoms with E-state index in [0.29, 0.717) is 19.6 Å². The van der Waals surface area contributed by atoms with Gasteiger partial charge in [-0.1, -0.05) is 17.7 Å². The molecule has 24 heavy (non-hydrogen) atoms. The van der Waals surface area contributed by atoms with E-state index < -0.39 is 24.6 Å². The number of sulfone groups is 1. The Morgan fingerprint density at radius 1 is 1.25 bits per heavy atom. The number of aryl methyl sites for hydroxylation is 1. The first kappa shape index (κ1) is 17.8. The summed E-state index contributed by atoms with van der Waals surface area (Å²) in [6.07, 6.45) is 0.542. The number of nitrogens with zero attached hydrogens (tertiary/aromatic N) is 1. The Balaban J connectivity index is 1.82. The number of hydrogen-bond donors (Lipinski definition) is 0. The third-order valence-corrected chi connectivity index (χ3v) is 9.58. The van der Waals surface area contributed by atoms with Crippen LogP contribution in [0.25, 0.3) is 0 Å². The van der Waals surface area contributed by atoms with Crippen LogP contribution in [0.3, 0.4) is 0 Å². The molecule has 0 radical (unpaired) electrons. The molecule has 8 heteroatoms. The van der Waals surface area contributed by atoms with Crippen molar-refractivity contribution in [3.05, 3.63) is 29.8 Å². The molecule has 3 rings (SSSR count). The summed E-state index contributed by atoms with van der Waals surface area (Å²) >= 11 is 0. The van der Waals surface area contributed by atoms with Crippen molar-refractivity contribution in [3.8, 4) is 0 Å². The fourth-order valence-corrected chi connectivity index (χ4v) is 7.69.